The van der Waals surface area contributed by atoms with Gasteiger partial charge in [0, 0.05) is 19.1 Å². The largest absolute Gasteiger partial charge is 0.370 e. The van der Waals surface area contributed by atoms with Crippen LogP contribution in [0.4, 0.5) is 0 Å². The minimum atomic E-state index is 0.625. The van der Waals surface area contributed by atoms with Crippen molar-refractivity contribution in [2.75, 3.05) is 6.54 Å². The summed E-state index contributed by atoms with van der Waals surface area (Å²) >= 11 is 1.73. The van der Waals surface area contributed by atoms with E-state index in [0.29, 0.717) is 12.0 Å². The summed E-state index contributed by atoms with van der Waals surface area (Å²) in [6, 6.07) is 2.78. The van der Waals surface area contributed by atoms with Gasteiger partial charge in [0.25, 0.3) is 0 Å². The van der Waals surface area contributed by atoms with E-state index in [1.807, 2.05) is 6.92 Å². The van der Waals surface area contributed by atoms with E-state index in [4.69, 9.17) is 5.73 Å². The molecule has 1 aliphatic rings. The number of hydrogen-bond acceptors (Lipinski definition) is 2. The van der Waals surface area contributed by atoms with Gasteiger partial charge in [0.2, 0.25) is 0 Å². The zero-order chi connectivity index (χ0) is 10.7. The Morgan fingerprint density at radius 3 is 3.00 bits per heavy atom. The molecule has 3 nitrogen and oxygen atoms in total. The van der Waals surface area contributed by atoms with Crippen LogP contribution in [0.15, 0.2) is 21.8 Å². The third-order valence-corrected chi connectivity index (χ3v) is 3.27. The summed E-state index contributed by atoms with van der Waals surface area (Å²) < 4.78 is 0. The Labute approximate surface area is 94.6 Å². The average Bonchev–Trinajstić information content (AvgIpc) is 2.93. The van der Waals surface area contributed by atoms with Crippen LogP contribution in [0, 0.1) is 0 Å². The highest BCUT2D eigenvalue weighted by Crippen LogP contribution is 2.28. The highest BCUT2D eigenvalue weighted by atomic mass is 32.1. The van der Waals surface area contributed by atoms with Crippen molar-refractivity contribution in [2.24, 2.45) is 10.7 Å². The van der Waals surface area contributed by atoms with Gasteiger partial charge in [-0.3, -0.25) is 4.99 Å². The Bertz CT molecular complexity index is 328. The summed E-state index contributed by atoms with van der Waals surface area (Å²) in [5.74, 6) is 0.700. The summed E-state index contributed by atoms with van der Waals surface area (Å²) in [6.07, 6.45) is 2.51. The molecular weight excluding hydrogens is 206 g/mol. The summed E-state index contributed by atoms with van der Waals surface area (Å²) in [5.41, 5.74) is 7.30. The van der Waals surface area contributed by atoms with Gasteiger partial charge in [0.05, 0.1) is 0 Å². The second-order valence-corrected chi connectivity index (χ2v) is 4.60. The molecule has 2 N–H and O–H groups in total. The predicted octanol–water partition coefficient (Wildman–Crippen LogP) is 2.05. The molecule has 82 valence electrons. The molecule has 1 heterocycles. The van der Waals surface area contributed by atoms with Crippen molar-refractivity contribution in [3.8, 4) is 0 Å². The topological polar surface area (TPSA) is 41.6 Å². The molecule has 0 atom stereocenters. The van der Waals surface area contributed by atoms with Crippen molar-refractivity contribution >= 4 is 17.3 Å². The average molecular weight is 223 g/mol. The Balaban J connectivity index is 2.03. The fourth-order valence-corrected chi connectivity index (χ4v) is 2.28. The minimum absolute atomic E-state index is 0.625. The first-order valence-electron chi connectivity index (χ1n) is 5.39. The summed E-state index contributed by atoms with van der Waals surface area (Å²) in [4.78, 5) is 6.52. The molecule has 2 rings (SSSR count). The first-order chi connectivity index (χ1) is 7.31. The Morgan fingerprint density at radius 2 is 2.47 bits per heavy atom. The molecule has 1 aliphatic carbocycles. The van der Waals surface area contributed by atoms with Crippen molar-refractivity contribution in [1.29, 1.82) is 0 Å². The zero-order valence-electron chi connectivity index (χ0n) is 9.02. The molecule has 15 heavy (non-hydrogen) atoms. The van der Waals surface area contributed by atoms with Crippen LogP contribution in [0.5, 0.6) is 0 Å². The lowest BCUT2D eigenvalue weighted by molar-refractivity contribution is 0.397. The lowest BCUT2D eigenvalue weighted by Crippen LogP contribution is -2.38. The van der Waals surface area contributed by atoms with Crippen LogP contribution in [0.2, 0.25) is 0 Å². The molecule has 0 aliphatic heterocycles. The van der Waals surface area contributed by atoms with Gasteiger partial charge in [0.1, 0.15) is 0 Å². The number of hydrogen-bond donors (Lipinski definition) is 1. The van der Waals surface area contributed by atoms with Gasteiger partial charge in [-0.25, -0.2) is 0 Å². The van der Waals surface area contributed by atoms with E-state index in [9.17, 15) is 0 Å². The maximum absolute atomic E-state index is 5.97. The molecule has 0 radical (unpaired) electrons. The molecular formula is C11H17N3S. The van der Waals surface area contributed by atoms with E-state index in [1.54, 1.807) is 11.3 Å². The molecule has 1 aromatic rings. The monoisotopic (exact) mass is 223 g/mol. The standard InChI is InChI=1S/C11H17N3S/c1-2-13-11(12)14(10-3-4-10)7-9-5-6-15-8-9/h5-6,8,10H,2-4,7H2,1H3,(H2,12,13). The molecule has 0 unspecified atom stereocenters. The minimum Gasteiger partial charge on any atom is -0.370 e. The quantitative estimate of drug-likeness (QED) is 0.627. The molecule has 0 spiro atoms. The predicted molar refractivity (Wildman–Crippen MR) is 65.0 cm³/mol. The number of guanidine groups is 1. The van der Waals surface area contributed by atoms with Crippen molar-refractivity contribution in [2.45, 2.75) is 32.4 Å². The van der Waals surface area contributed by atoms with Gasteiger partial charge >= 0.3 is 0 Å². The molecule has 1 saturated carbocycles. The van der Waals surface area contributed by atoms with E-state index >= 15 is 0 Å². The van der Waals surface area contributed by atoms with Crippen molar-refractivity contribution in [3.63, 3.8) is 0 Å². The number of thiophene rings is 1. The zero-order valence-corrected chi connectivity index (χ0v) is 9.83. The van der Waals surface area contributed by atoms with Gasteiger partial charge < -0.3 is 10.6 Å². The smallest absolute Gasteiger partial charge is 0.191 e. The highest BCUT2D eigenvalue weighted by Gasteiger charge is 2.30. The summed E-state index contributed by atoms with van der Waals surface area (Å²) in [5, 5.41) is 4.28. The molecule has 0 aromatic carbocycles. The lowest BCUT2D eigenvalue weighted by atomic mass is 10.3. The third-order valence-electron chi connectivity index (χ3n) is 2.54. The van der Waals surface area contributed by atoms with Crippen molar-refractivity contribution in [3.05, 3.63) is 22.4 Å². The number of rotatable bonds is 4. The van der Waals surface area contributed by atoms with Crippen LogP contribution in [0.25, 0.3) is 0 Å². The van der Waals surface area contributed by atoms with Crippen LogP contribution >= 0.6 is 11.3 Å². The fraction of sp³-hybridized carbons (Fsp3) is 0.545. The second-order valence-electron chi connectivity index (χ2n) is 3.82. The number of nitrogens with two attached hydrogens (primary N) is 1. The third kappa shape index (κ3) is 2.72. The van der Waals surface area contributed by atoms with Crippen LogP contribution in [0.1, 0.15) is 25.3 Å². The van der Waals surface area contributed by atoms with Crippen molar-refractivity contribution in [1.82, 2.24) is 4.90 Å². The molecule has 4 heteroatoms. The second kappa shape index (κ2) is 4.66. The van der Waals surface area contributed by atoms with Gasteiger partial charge in [-0.15, -0.1) is 0 Å². The van der Waals surface area contributed by atoms with Crippen LogP contribution < -0.4 is 5.73 Å². The molecule has 0 amide bonds. The van der Waals surface area contributed by atoms with Crippen LogP contribution in [-0.4, -0.2) is 23.4 Å². The summed E-state index contributed by atoms with van der Waals surface area (Å²) in [6.45, 7) is 3.69. The van der Waals surface area contributed by atoms with E-state index in [-0.39, 0.29) is 0 Å². The first-order valence-corrected chi connectivity index (χ1v) is 6.33. The maximum Gasteiger partial charge on any atom is 0.191 e. The van der Waals surface area contributed by atoms with Gasteiger partial charge in [-0.05, 0) is 42.2 Å². The first kappa shape index (κ1) is 10.5. The normalized spacial score (nSPS) is 16.7. The molecule has 1 fully saturated rings. The summed E-state index contributed by atoms with van der Waals surface area (Å²) in [7, 11) is 0. The Morgan fingerprint density at radius 1 is 1.67 bits per heavy atom. The molecule has 0 saturated heterocycles. The molecule has 1 aromatic heterocycles. The van der Waals surface area contributed by atoms with Crippen LogP contribution in [0.3, 0.4) is 0 Å². The number of nitrogens with zero attached hydrogens (tertiary/aromatic N) is 2. The Kier molecular flexibility index (Phi) is 3.26. The maximum atomic E-state index is 5.97. The number of aliphatic imine (C=N–C) groups is 1. The molecule has 0 bridgehead atoms. The van der Waals surface area contributed by atoms with Crippen LogP contribution in [-0.2, 0) is 6.54 Å². The van der Waals surface area contributed by atoms with E-state index in [1.165, 1.54) is 18.4 Å². The lowest BCUT2D eigenvalue weighted by Gasteiger charge is -2.22. The van der Waals surface area contributed by atoms with Gasteiger partial charge in [-0.2, -0.15) is 11.3 Å². The Hall–Kier alpha value is -1.03. The van der Waals surface area contributed by atoms with Crippen molar-refractivity contribution < 1.29 is 0 Å². The van der Waals surface area contributed by atoms with Gasteiger partial charge in [0.15, 0.2) is 5.96 Å². The fourth-order valence-electron chi connectivity index (χ4n) is 1.62. The SMILES string of the molecule is CCN=C(N)N(Cc1ccsc1)C1CC1. The van der Waals surface area contributed by atoms with E-state index < -0.39 is 0 Å². The van der Waals surface area contributed by atoms with E-state index in [0.717, 1.165) is 13.1 Å². The highest BCUT2D eigenvalue weighted by molar-refractivity contribution is 7.07. The van der Waals surface area contributed by atoms with Gasteiger partial charge in [-0.1, -0.05) is 0 Å². The van der Waals surface area contributed by atoms with E-state index in [2.05, 4.69) is 26.7 Å².